The van der Waals surface area contributed by atoms with E-state index in [1.807, 2.05) is 24.3 Å². The quantitative estimate of drug-likeness (QED) is 0.510. The van der Waals surface area contributed by atoms with Gasteiger partial charge in [-0.25, -0.2) is 0 Å². The van der Waals surface area contributed by atoms with Crippen LogP contribution >= 0.6 is 0 Å². The molecule has 2 aliphatic heterocycles. The van der Waals surface area contributed by atoms with Crippen molar-refractivity contribution in [2.75, 3.05) is 44.0 Å². The predicted molar refractivity (Wildman–Crippen MR) is 137 cm³/mol. The van der Waals surface area contributed by atoms with E-state index in [0.29, 0.717) is 35.9 Å². The summed E-state index contributed by atoms with van der Waals surface area (Å²) in [6.07, 6.45) is 2.02. The third-order valence-corrected chi connectivity index (χ3v) is 6.45. The van der Waals surface area contributed by atoms with Crippen molar-refractivity contribution in [3.05, 3.63) is 77.9 Å². The molecule has 1 fully saturated rings. The molecule has 0 unspecified atom stereocenters. The van der Waals surface area contributed by atoms with Crippen LogP contribution in [0.3, 0.4) is 0 Å². The van der Waals surface area contributed by atoms with Gasteiger partial charge in [-0.05, 0) is 73.5 Å². The largest absolute Gasteiger partial charge is 0.495 e. The highest BCUT2D eigenvalue weighted by Crippen LogP contribution is 2.38. The van der Waals surface area contributed by atoms with E-state index in [1.54, 1.807) is 43.5 Å². The van der Waals surface area contributed by atoms with Crippen LogP contribution in [-0.4, -0.2) is 50.1 Å². The van der Waals surface area contributed by atoms with Gasteiger partial charge in [-0.15, -0.1) is 0 Å². The van der Waals surface area contributed by atoms with E-state index in [2.05, 4.69) is 21.6 Å². The molecule has 2 aliphatic rings. The summed E-state index contributed by atoms with van der Waals surface area (Å²) in [5.41, 5.74) is 2.86. The summed E-state index contributed by atoms with van der Waals surface area (Å²) in [6.45, 7) is 2.26. The maximum atomic E-state index is 12.8. The van der Waals surface area contributed by atoms with E-state index in [-0.39, 0.29) is 24.4 Å². The van der Waals surface area contributed by atoms with Crippen LogP contribution in [0.4, 0.5) is 11.4 Å². The van der Waals surface area contributed by atoms with Gasteiger partial charge in [-0.2, -0.15) is 0 Å². The lowest BCUT2D eigenvalue weighted by Crippen LogP contribution is -2.33. The number of rotatable bonds is 7. The van der Waals surface area contributed by atoms with Gasteiger partial charge in [0.1, 0.15) is 19.0 Å². The fraction of sp³-hybridized carbons (Fsp3) is 0.286. The van der Waals surface area contributed by atoms with Gasteiger partial charge in [-0.3, -0.25) is 14.5 Å². The molecule has 3 aromatic carbocycles. The van der Waals surface area contributed by atoms with E-state index in [1.165, 1.54) is 0 Å². The zero-order valence-corrected chi connectivity index (χ0v) is 20.2. The summed E-state index contributed by atoms with van der Waals surface area (Å²) in [4.78, 5) is 27.6. The van der Waals surface area contributed by atoms with Gasteiger partial charge in [0.15, 0.2) is 11.5 Å². The number of hydrogen-bond acceptors (Lipinski definition) is 6. The number of likely N-dealkylation sites (tertiary alicyclic amines) is 1. The molecule has 1 saturated heterocycles. The molecule has 1 atom stereocenters. The van der Waals surface area contributed by atoms with Crippen molar-refractivity contribution >= 4 is 23.2 Å². The molecule has 0 saturated carbocycles. The standard InChI is InChI=1S/C28H29N3O5/c1-34-24-7-3-2-5-22(24)30-28(33)19-8-11-21(12-9-19)29-27(32)18-31-14-4-6-23(31)20-10-13-25-26(17-20)36-16-15-35-25/h2-3,5,7-13,17,23H,4,6,14-16,18H2,1H3,(H,29,32)(H,30,33)/t23-/m0/s1. The minimum Gasteiger partial charge on any atom is -0.495 e. The van der Waals surface area contributed by atoms with Gasteiger partial charge in [0.2, 0.25) is 5.91 Å². The van der Waals surface area contributed by atoms with Crippen molar-refractivity contribution in [2.45, 2.75) is 18.9 Å². The first-order valence-electron chi connectivity index (χ1n) is 12.1. The summed E-state index contributed by atoms with van der Waals surface area (Å²) < 4.78 is 16.6. The van der Waals surface area contributed by atoms with Crippen molar-refractivity contribution in [3.8, 4) is 17.2 Å². The van der Waals surface area contributed by atoms with Crippen molar-refractivity contribution in [1.29, 1.82) is 0 Å². The smallest absolute Gasteiger partial charge is 0.255 e. The minimum absolute atomic E-state index is 0.0920. The Kier molecular flexibility index (Phi) is 7.04. The summed E-state index contributed by atoms with van der Waals surface area (Å²) in [6, 6.07) is 20.3. The fourth-order valence-electron chi connectivity index (χ4n) is 4.69. The van der Waals surface area contributed by atoms with Crippen molar-refractivity contribution in [3.63, 3.8) is 0 Å². The Bertz CT molecular complexity index is 1240. The monoisotopic (exact) mass is 487 g/mol. The lowest BCUT2D eigenvalue weighted by molar-refractivity contribution is -0.117. The van der Waals surface area contributed by atoms with Gasteiger partial charge in [0, 0.05) is 17.3 Å². The van der Waals surface area contributed by atoms with Crippen molar-refractivity contribution < 1.29 is 23.8 Å². The molecule has 8 heteroatoms. The van der Waals surface area contributed by atoms with E-state index < -0.39 is 0 Å². The van der Waals surface area contributed by atoms with Crippen molar-refractivity contribution in [1.82, 2.24) is 4.90 Å². The first kappa shape index (κ1) is 23.7. The van der Waals surface area contributed by atoms with Crippen LogP contribution in [0.2, 0.25) is 0 Å². The summed E-state index contributed by atoms with van der Waals surface area (Å²) in [7, 11) is 1.56. The van der Waals surface area contributed by atoms with Gasteiger partial charge in [0.25, 0.3) is 5.91 Å². The zero-order valence-electron chi connectivity index (χ0n) is 20.2. The summed E-state index contributed by atoms with van der Waals surface area (Å²) in [5.74, 6) is 1.78. The Hall–Kier alpha value is -4.04. The Morgan fingerprint density at radius 2 is 1.75 bits per heavy atom. The Labute approximate surface area is 210 Å². The highest BCUT2D eigenvalue weighted by Gasteiger charge is 2.28. The maximum Gasteiger partial charge on any atom is 0.255 e. The van der Waals surface area contributed by atoms with Gasteiger partial charge in [-0.1, -0.05) is 18.2 Å². The summed E-state index contributed by atoms with van der Waals surface area (Å²) in [5, 5.41) is 5.80. The molecule has 3 aromatic rings. The van der Waals surface area contributed by atoms with E-state index in [0.717, 1.165) is 36.4 Å². The number of nitrogens with zero attached hydrogens (tertiary/aromatic N) is 1. The van der Waals surface area contributed by atoms with E-state index >= 15 is 0 Å². The first-order valence-corrected chi connectivity index (χ1v) is 12.1. The molecule has 0 bridgehead atoms. The highest BCUT2D eigenvalue weighted by atomic mass is 16.6. The van der Waals surface area contributed by atoms with Gasteiger partial charge < -0.3 is 24.8 Å². The predicted octanol–water partition coefficient (Wildman–Crippen LogP) is 4.49. The number of methoxy groups -OCH3 is 1. The Morgan fingerprint density at radius 1 is 0.972 bits per heavy atom. The molecule has 0 aliphatic carbocycles. The second kappa shape index (κ2) is 10.7. The number of anilines is 2. The van der Waals surface area contributed by atoms with Crippen molar-refractivity contribution in [2.24, 2.45) is 0 Å². The maximum absolute atomic E-state index is 12.8. The molecule has 0 aromatic heterocycles. The number of carbonyl (C=O) groups excluding carboxylic acids is 2. The van der Waals surface area contributed by atoms with Crippen LogP contribution in [0, 0.1) is 0 Å². The SMILES string of the molecule is COc1ccccc1NC(=O)c1ccc(NC(=O)CN2CCC[C@H]2c2ccc3c(c2)OCCO3)cc1. The molecule has 2 heterocycles. The molecule has 8 nitrogen and oxygen atoms in total. The number of para-hydroxylation sites is 2. The normalized spacial score (nSPS) is 16.9. The number of fused-ring (bicyclic) bond motifs is 1. The zero-order chi connectivity index (χ0) is 24.9. The lowest BCUT2D eigenvalue weighted by atomic mass is 10.0. The first-order chi connectivity index (χ1) is 17.6. The molecule has 0 spiro atoms. The third kappa shape index (κ3) is 5.28. The van der Waals surface area contributed by atoms with Crippen LogP contribution in [0.1, 0.15) is 34.8 Å². The topological polar surface area (TPSA) is 89.1 Å². The molecular weight excluding hydrogens is 458 g/mol. The van der Waals surface area contributed by atoms with Crippen LogP contribution < -0.4 is 24.8 Å². The average molecular weight is 488 g/mol. The Morgan fingerprint density at radius 3 is 2.56 bits per heavy atom. The second-order valence-corrected chi connectivity index (χ2v) is 8.81. The van der Waals surface area contributed by atoms with Crippen LogP contribution in [-0.2, 0) is 4.79 Å². The number of carbonyl (C=O) groups is 2. The molecule has 186 valence electrons. The molecular formula is C28H29N3O5. The van der Waals surface area contributed by atoms with E-state index in [9.17, 15) is 9.59 Å². The van der Waals surface area contributed by atoms with Crippen LogP contribution in [0.5, 0.6) is 17.2 Å². The van der Waals surface area contributed by atoms with Gasteiger partial charge in [0.05, 0.1) is 19.3 Å². The van der Waals surface area contributed by atoms with Gasteiger partial charge >= 0.3 is 0 Å². The minimum atomic E-state index is -0.253. The van der Waals surface area contributed by atoms with Crippen LogP contribution in [0.15, 0.2) is 66.7 Å². The fourth-order valence-corrected chi connectivity index (χ4v) is 4.69. The number of ether oxygens (including phenoxy) is 3. The molecule has 5 rings (SSSR count). The molecule has 2 N–H and O–H groups in total. The highest BCUT2D eigenvalue weighted by molar-refractivity contribution is 6.05. The van der Waals surface area contributed by atoms with Crippen LogP contribution in [0.25, 0.3) is 0 Å². The number of nitrogens with one attached hydrogen (secondary N) is 2. The molecule has 36 heavy (non-hydrogen) atoms. The third-order valence-electron chi connectivity index (χ3n) is 6.45. The second-order valence-electron chi connectivity index (χ2n) is 8.81. The lowest BCUT2D eigenvalue weighted by Gasteiger charge is -2.26. The van der Waals surface area contributed by atoms with E-state index in [4.69, 9.17) is 14.2 Å². The summed E-state index contributed by atoms with van der Waals surface area (Å²) >= 11 is 0. The number of hydrogen-bond donors (Lipinski definition) is 2. The molecule has 0 radical (unpaired) electrons. The number of amides is 2. The number of benzene rings is 3. The molecule has 2 amide bonds. The average Bonchev–Trinajstić information content (AvgIpc) is 3.37. The Balaban J connectivity index is 1.18.